The van der Waals surface area contributed by atoms with Crippen LogP contribution in [0.2, 0.25) is 0 Å². The number of likely N-dealkylation sites (tertiary alicyclic amines) is 1. The number of oxazole rings is 1. The molecule has 1 saturated heterocycles. The van der Waals surface area contributed by atoms with Crippen LogP contribution in [0, 0.1) is 12.7 Å². The molecule has 128 valence electrons. The SMILES string of the molecule is Cc1nc2cc(NC(=O)N3CC(O)(c4ccc(F)cc4)C3)ccc2o1. The zero-order valence-corrected chi connectivity index (χ0v) is 13.5. The molecule has 2 N–H and O–H groups in total. The predicted octanol–water partition coefficient (Wildman–Crippen LogP) is 3.01. The molecule has 0 radical (unpaired) electrons. The van der Waals surface area contributed by atoms with Gasteiger partial charge in [-0.1, -0.05) is 12.1 Å². The number of aliphatic hydroxyl groups is 1. The smallest absolute Gasteiger partial charge is 0.322 e. The van der Waals surface area contributed by atoms with Gasteiger partial charge in [-0.2, -0.15) is 0 Å². The lowest BCUT2D eigenvalue weighted by Crippen LogP contribution is -2.62. The highest BCUT2D eigenvalue weighted by molar-refractivity contribution is 5.92. The summed E-state index contributed by atoms with van der Waals surface area (Å²) >= 11 is 0. The van der Waals surface area contributed by atoms with E-state index in [0.717, 1.165) is 0 Å². The van der Waals surface area contributed by atoms with Crippen LogP contribution < -0.4 is 5.32 Å². The fraction of sp³-hybridized carbons (Fsp3) is 0.222. The number of carbonyl (C=O) groups is 1. The van der Waals surface area contributed by atoms with E-state index in [4.69, 9.17) is 4.42 Å². The number of aromatic nitrogens is 1. The van der Waals surface area contributed by atoms with Gasteiger partial charge >= 0.3 is 6.03 Å². The third-order valence-corrected chi connectivity index (χ3v) is 4.32. The highest BCUT2D eigenvalue weighted by Crippen LogP contribution is 2.32. The van der Waals surface area contributed by atoms with Gasteiger partial charge in [-0.3, -0.25) is 0 Å². The number of β-amino-alcohol motifs (C(OH)–C–C–N with tert-alkyl or cyclic N) is 1. The first-order valence-corrected chi connectivity index (χ1v) is 7.84. The Labute approximate surface area is 142 Å². The van der Waals surface area contributed by atoms with Gasteiger partial charge in [0.2, 0.25) is 0 Å². The molecule has 25 heavy (non-hydrogen) atoms. The number of rotatable bonds is 2. The minimum Gasteiger partial charge on any atom is -0.441 e. The second-order valence-corrected chi connectivity index (χ2v) is 6.24. The fourth-order valence-corrected chi connectivity index (χ4v) is 2.99. The van der Waals surface area contributed by atoms with E-state index < -0.39 is 5.60 Å². The maximum absolute atomic E-state index is 13.0. The lowest BCUT2D eigenvalue weighted by atomic mass is 9.86. The maximum atomic E-state index is 13.0. The summed E-state index contributed by atoms with van der Waals surface area (Å²) < 4.78 is 18.4. The summed E-state index contributed by atoms with van der Waals surface area (Å²) in [7, 11) is 0. The van der Waals surface area contributed by atoms with E-state index in [-0.39, 0.29) is 24.9 Å². The van der Waals surface area contributed by atoms with Gasteiger partial charge in [0, 0.05) is 12.6 Å². The van der Waals surface area contributed by atoms with Crippen molar-refractivity contribution >= 4 is 22.8 Å². The van der Waals surface area contributed by atoms with Gasteiger partial charge in [0.15, 0.2) is 11.5 Å². The van der Waals surface area contributed by atoms with E-state index in [1.807, 2.05) is 0 Å². The van der Waals surface area contributed by atoms with Crippen LogP contribution in [0.4, 0.5) is 14.9 Å². The number of amides is 2. The van der Waals surface area contributed by atoms with E-state index in [0.29, 0.717) is 28.2 Å². The number of hydrogen-bond donors (Lipinski definition) is 2. The minimum atomic E-state index is -1.14. The van der Waals surface area contributed by atoms with Gasteiger partial charge in [0.25, 0.3) is 0 Å². The lowest BCUT2D eigenvalue weighted by Gasteiger charge is -2.46. The largest absolute Gasteiger partial charge is 0.441 e. The van der Waals surface area contributed by atoms with Gasteiger partial charge in [-0.05, 0) is 35.9 Å². The summed E-state index contributed by atoms with van der Waals surface area (Å²) in [4.78, 5) is 18.0. The molecule has 0 saturated carbocycles. The highest BCUT2D eigenvalue weighted by atomic mass is 19.1. The Morgan fingerprint density at radius 3 is 2.72 bits per heavy atom. The summed E-state index contributed by atoms with van der Waals surface area (Å²) in [5.74, 6) is 0.199. The molecule has 1 aliphatic heterocycles. The van der Waals surface area contributed by atoms with E-state index >= 15 is 0 Å². The second kappa shape index (κ2) is 5.56. The average Bonchev–Trinajstić information content (AvgIpc) is 2.91. The van der Waals surface area contributed by atoms with Crippen LogP contribution in [0.5, 0.6) is 0 Å². The van der Waals surface area contributed by atoms with Crippen molar-refractivity contribution in [3.63, 3.8) is 0 Å². The zero-order valence-electron chi connectivity index (χ0n) is 13.5. The van der Waals surface area contributed by atoms with Crippen molar-refractivity contribution in [3.05, 3.63) is 59.7 Å². The van der Waals surface area contributed by atoms with Crippen molar-refractivity contribution in [2.45, 2.75) is 12.5 Å². The van der Waals surface area contributed by atoms with E-state index in [1.165, 1.54) is 29.2 Å². The molecule has 1 fully saturated rings. The van der Waals surface area contributed by atoms with E-state index in [9.17, 15) is 14.3 Å². The molecule has 7 heteroatoms. The normalized spacial score (nSPS) is 15.9. The molecule has 2 aromatic carbocycles. The predicted molar refractivity (Wildman–Crippen MR) is 89.6 cm³/mol. The number of nitrogens with zero attached hydrogens (tertiary/aromatic N) is 2. The molecule has 4 rings (SSSR count). The Hall–Kier alpha value is -2.93. The summed E-state index contributed by atoms with van der Waals surface area (Å²) in [6.07, 6.45) is 0. The standard InChI is InChI=1S/C18H16FN3O3/c1-11-20-15-8-14(6-7-16(15)25-11)21-17(23)22-9-18(24,10-22)12-2-4-13(19)5-3-12/h2-8,24H,9-10H2,1H3,(H,21,23). The second-order valence-electron chi connectivity index (χ2n) is 6.24. The fourth-order valence-electron chi connectivity index (χ4n) is 2.99. The van der Waals surface area contributed by atoms with Crippen LogP contribution in [0.15, 0.2) is 46.9 Å². The van der Waals surface area contributed by atoms with Crippen molar-refractivity contribution in [3.8, 4) is 0 Å². The highest BCUT2D eigenvalue weighted by Gasteiger charge is 2.45. The van der Waals surface area contributed by atoms with Gasteiger partial charge in [0.1, 0.15) is 16.9 Å². The Balaban J connectivity index is 1.43. The van der Waals surface area contributed by atoms with Crippen molar-refractivity contribution in [1.82, 2.24) is 9.88 Å². The first kappa shape index (κ1) is 15.6. The number of urea groups is 1. The van der Waals surface area contributed by atoms with Crippen molar-refractivity contribution in [1.29, 1.82) is 0 Å². The number of carbonyl (C=O) groups excluding carboxylic acids is 1. The molecule has 1 aliphatic rings. The monoisotopic (exact) mass is 341 g/mol. The number of hydrogen-bond acceptors (Lipinski definition) is 4. The average molecular weight is 341 g/mol. The molecular weight excluding hydrogens is 325 g/mol. The number of nitrogens with one attached hydrogen (secondary N) is 1. The first-order chi connectivity index (χ1) is 11.9. The Morgan fingerprint density at radius 2 is 2.00 bits per heavy atom. The van der Waals surface area contributed by atoms with Crippen molar-refractivity contribution in [2.24, 2.45) is 0 Å². The molecule has 2 amide bonds. The Morgan fingerprint density at radius 1 is 1.28 bits per heavy atom. The quantitative estimate of drug-likeness (QED) is 0.751. The van der Waals surface area contributed by atoms with Crippen LogP contribution in [-0.2, 0) is 5.60 Å². The van der Waals surface area contributed by atoms with Crippen molar-refractivity contribution in [2.75, 3.05) is 18.4 Å². The van der Waals surface area contributed by atoms with Gasteiger partial charge in [0.05, 0.1) is 13.1 Å². The van der Waals surface area contributed by atoms with Crippen molar-refractivity contribution < 1.29 is 18.7 Å². The van der Waals surface area contributed by atoms with E-state index in [2.05, 4.69) is 10.3 Å². The summed E-state index contributed by atoms with van der Waals surface area (Å²) in [5.41, 5.74) is 1.38. The zero-order chi connectivity index (χ0) is 17.6. The molecular formula is C18H16FN3O3. The Bertz CT molecular complexity index is 946. The molecule has 2 heterocycles. The topological polar surface area (TPSA) is 78.6 Å². The number of fused-ring (bicyclic) bond motifs is 1. The third-order valence-electron chi connectivity index (χ3n) is 4.32. The first-order valence-electron chi connectivity index (χ1n) is 7.84. The lowest BCUT2D eigenvalue weighted by molar-refractivity contribution is -0.0793. The van der Waals surface area contributed by atoms with Crippen LogP contribution in [0.25, 0.3) is 11.1 Å². The molecule has 0 spiro atoms. The number of benzene rings is 2. The summed E-state index contributed by atoms with van der Waals surface area (Å²) in [6.45, 7) is 2.06. The van der Waals surface area contributed by atoms with Crippen LogP contribution in [-0.4, -0.2) is 34.1 Å². The van der Waals surface area contributed by atoms with Crippen LogP contribution in [0.1, 0.15) is 11.5 Å². The molecule has 1 aromatic heterocycles. The Kier molecular flexibility index (Phi) is 3.47. The molecule has 6 nitrogen and oxygen atoms in total. The maximum Gasteiger partial charge on any atom is 0.322 e. The number of anilines is 1. The summed E-state index contributed by atoms with van der Waals surface area (Å²) in [6, 6.07) is 10.6. The van der Waals surface area contributed by atoms with Gasteiger partial charge in [-0.15, -0.1) is 0 Å². The van der Waals surface area contributed by atoms with Gasteiger partial charge < -0.3 is 19.7 Å². The number of aryl methyl sites for hydroxylation is 1. The van der Waals surface area contributed by atoms with Crippen LogP contribution in [0.3, 0.4) is 0 Å². The number of halogens is 1. The molecule has 3 aromatic rings. The molecule has 0 aliphatic carbocycles. The molecule has 0 unspecified atom stereocenters. The molecule has 0 bridgehead atoms. The van der Waals surface area contributed by atoms with Gasteiger partial charge in [-0.25, -0.2) is 14.2 Å². The minimum absolute atomic E-state index is 0.149. The molecule has 0 atom stereocenters. The van der Waals surface area contributed by atoms with Crippen LogP contribution >= 0.6 is 0 Å². The third kappa shape index (κ3) is 2.83. The van der Waals surface area contributed by atoms with E-state index in [1.54, 1.807) is 25.1 Å². The summed E-state index contributed by atoms with van der Waals surface area (Å²) in [5, 5.41) is 13.3.